The first-order valence-corrected chi connectivity index (χ1v) is 6.76. The largest absolute Gasteiger partial charge is 0.478 e. The Labute approximate surface area is 123 Å². The molecule has 0 aliphatic heterocycles. The molecule has 0 saturated carbocycles. The van der Waals surface area contributed by atoms with Crippen LogP contribution in [0.25, 0.3) is 0 Å². The van der Waals surface area contributed by atoms with Crippen LogP contribution in [0.3, 0.4) is 0 Å². The second-order valence-corrected chi connectivity index (χ2v) is 5.03. The summed E-state index contributed by atoms with van der Waals surface area (Å²) in [5.41, 5.74) is 2.39. The monoisotopic (exact) mass is 289 g/mol. The van der Waals surface area contributed by atoms with E-state index < -0.39 is 5.97 Å². The Morgan fingerprint density at radius 1 is 1.20 bits per heavy atom. The molecule has 0 aliphatic rings. The summed E-state index contributed by atoms with van der Waals surface area (Å²) in [6, 6.07) is 14.7. The van der Waals surface area contributed by atoms with Gasteiger partial charge in [-0.15, -0.1) is 0 Å². The number of hydrogen-bond donors (Lipinski definition) is 2. The lowest BCUT2D eigenvalue weighted by Crippen LogP contribution is -2.18. The number of nitrogens with one attached hydrogen (secondary N) is 1. The van der Waals surface area contributed by atoms with Crippen LogP contribution in [0.15, 0.2) is 48.5 Å². The van der Waals surface area contributed by atoms with E-state index in [4.69, 9.17) is 16.7 Å². The van der Waals surface area contributed by atoms with Crippen LogP contribution in [0, 0.1) is 0 Å². The first kappa shape index (κ1) is 14.6. The number of carboxylic acid groups (broad SMARTS) is 1. The van der Waals surface area contributed by atoms with Crippen molar-refractivity contribution >= 4 is 17.6 Å². The Balaban J connectivity index is 1.98. The fourth-order valence-electron chi connectivity index (χ4n) is 1.97. The molecule has 0 fully saturated rings. The van der Waals surface area contributed by atoms with Crippen molar-refractivity contribution in [3.63, 3.8) is 0 Å². The average molecular weight is 290 g/mol. The highest BCUT2D eigenvalue weighted by molar-refractivity contribution is 6.31. The Hall–Kier alpha value is -1.84. The molecule has 0 saturated heterocycles. The third-order valence-corrected chi connectivity index (χ3v) is 3.53. The van der Waals surface area contributed by atoms with Gasteiger partial charge in [0.1, 0.15) is 0 Å². The van der Waals surface area contributed by atoms with E-state index in [1.807, 2.05) is 43.3 Å². The van der Waals surface area contributed by atoms with Gasteiger partial charge in [-0.05, 0) is 36.2 Å². The fraction of sp³-hybridized carbons (Fsp3) is 0.188. The number of carboxylic acids is 1. The van der Waals surface area contributed by atoms with Crippen LogP contribution in [0.4, 0.5) is 0 Å². The van der Waals surface area contributed by atoms with E-state index in [9.17, 15) is 4.79 Å². The molecule has 2 rings (SSSR count). The summed E-state index contributed by atoms with van der Waals surface area (Å²) in [5, 5.41) is 13.0. The van der Waals surface area contributed by atoms with Crippen molar-refractivity contribution in [2.45, 2.75) is 19.5 Å². The second kappa shape index (κ2) is 6.55. The van der Waals surface area contributed by atoms with E-state index in [1.165, 1.54) is 0 Å². The van der Waals surface area contributed by atoms with E-state index in [2.05, 4.69) is 5.32 Å². The fourth-order valence-corrected chi connectivity index (χ4v) is 2.27. The van der Waals surface area contributed by atoms with Gasteiger partial charge in [0.05, 0.1) is 5.56 Å². The van der Waals surface area contributed by atoms with E-state index in [0.717, 1.165) is 16.1 Å². The van der Waals surface area contributed by atoms with Crippen LogP contribution < -0.4 is 5.32 Å². The molecule has 1 atom stereocenters. The van der Waals surface area contributed by atoms with Gasteiger partial charge in [0, 0.05) is 17.6 Å². The maximum atomic E-state index is 10.8. The van der Waals surface area contributed by atoms with Crippen molar-refractivity contribution in [3.05, 3.63) is 70.2 Å². The number of halogens is 1. The van der Waals surface area contributed by atoms with E-state index in [1.54, 1.807) is 12.1 Å². The highest BCUT2D eigenvalue weighted by Crippen LogP contribution is 2.22. The SMILES string of the molecule is C[C@@H](NCc1ccc(C(=O)O)cc1)c1ccccc1Cl. The first-order valence-electron chi connectivity index (χ1n) is 6.38. The Bertz CT molecular complexity index is 596. The Kier molecular flexibility index (Phi) is 4.77. The minimum atomic E-state index is -0.908. The van der Waals surface area contributed by atoms with Crippen molar-refractivity contribution in [1.82, 2.24) is 5.32 Å². The van der Waals surface area contributed by atoms with Crippen molar-refractivity contribution in [1.29, 1.82) is 0 Å². The number of carbonyl (C=O) groups is 1. The van der Waals surface area contributed by atoms with Crippen LogP contribution in [0.5, 0.6) is 0 Å². The average Bonchev–Trinajstić information content (AvgIpc) is 2.45. The van der Waals surface area contributed by atoms with Crippen molar-refractivity contribution in [3.8, 4) is 0 Å². The highest BCUT2D eigenvalue weighted by Gasteiger charge is 2.08. The topological polar surface area (TPSA) is 49.3 Å². The van der Waals surface area contributed by atoms with Crippen LogP contribution in [0.2, 0.25) is 5.02 Å². The molecule has 0 spiro atoms. The third-order valence-electron chi connectivity index (χ3n) is 3.18. The maximum Gasteiger partial charge on any atom is 0.335 e. The predicted molar refractivity (Wildman–Crippen MR) is 80.1 cm³/mol. The summed E-state index contributed by atoms with van der Waals surface area (Å²) in [6.45, 7) is 2.71. The Morgan fingerprint density at radius 3 is 2.45 bits per heavy atom. The molecule has 0 bridgehead atoms. The smallest absolute Gasteiger partial charge is 0.335 e. The van der Waals surface area contributed by atoms with Crippen molar-refractivity contribution in [2.24, 2.45) is 0 Å². The molecule has 20 heavy (non-hydrogen) atoms. The molecule has 3 nitrogen and oxygen atoms in total. The summed E-state index contributed by atoms with van der Waals surface area (Å²) in [5.74, 6) is -0.908. The lowest BCUT2D eigenvalue weighted by atomic mass is 10.1. The Morgan fingerprint density at radius 2 is 1.85 bits per heavy atom. The highest BCUT2D eigenvalue weighted by atomic mass is 35.5. The van der Waals surface area contributed by atoms with Gasteiger partial charge in [-0.1, -0.05) is 41.9 Å². The van der Waals surface area contributed by atoms with Crippen LogP contribution in [-0.2, 0) is 6.54 Å². The number of benzene rings is 2. The molecule has 4 heteroatoms. The van der Waals surface area contributed by atoms with Crippen molar-refractivity contribution < 1.29 is 9.90 Å². The van der Waals surface area contributed by atoms with E-state index in [-0.39, 0.29) is 6.04 Å². The number of hydrogen-bond acceptors (Lipinski definition) is 2. The molecule has 0 aliphatic carbocycles. The minimum absolute atomic E-state index is 0.128. The molecular weight excluding hydrogens is 274 g/mol. The van der Waals surface area contributed by atoms with Gasteiger partial charge in [-0.3, -0.25) is 0 Å². The lowest BCUT2D eigenvalue weighted by Gasteiger charge is -2.15. The molecular formula is C16H16ClNO2. The summed E-state index contributed by atoms with van der Waals surface area (Å²) in [6.07, 6.45) is 0. The van der Waals surface area contributed by atoms with Gasteiger partial charge in [-0.2, -0.15) is 0 Å². The maximum absolute atomic E-state index is 10.8. The van der Waals surface area contributed by atoms with Crippen molar-refractivity contribution in [2.75, 3.05) is 0 Å². The summed E-state index contributed by atoms with van der Waals surface area (Å²) < 4.78 is 0. The zero-order valence-corrected chi connectivity index (χ0v) is 11.9. The quantitative estimate of drug-likeness (QED) is 0.878. The van der Waals surface area contributed by atoms with Crippen LogP contribution >= 0.6 is 11.6 Å². The van der Waals surface area contributed by atoms with E-state index >= 15 is 0 Å². The molecule has 0 amide bonds. The molecule has 2 aromatic rings. The minimum Gasteiger partial charge on any atom is -0.478 e. The molecule has 0 aromatic heterocycles. The van der Waals surface area contributed by atoms with Gasteiger partial charge < -0.3 is 10.4 Å². The summed E-state index contributed by atoms with van der Waals surface area (Å²) in [7, 11) is 0. The van der Waals surface area contributed by atoms with Gasteiger partial charge >= 0.3 is 5.97 Å². The molecule has 104 valence electrons. The van der Waals surface area contributed by atoms with E-state index in [0.29, 0.717) is 12.1 Å². The zero-order chi connectivity index (χ0) is 14.5. The first-order chi connectivity index (χ1) is 9.58. The number of rotatable bonds is 5. The number of aromatic carboxylic acids is 1. The van der Waals surface area contributed by atoms with Gasteiger partial charge in [0.25, 0.3) is 0 Å². The van der Waals surface area contributed by atoms with Crippen LogP contribution in [0.1, 0.15) is 34.5 Å². The molecule has 0 unspecified atom stereocenters. The van der Waals surface area contributed by atoms with Gasteiger partial charge in [-0.25, -0.2) is 4.79 Å². The van der Waals surface area contributed by atoms with Gasteiger partial charge in [0.2, 0.25) is 0 Å². The third kappa shape index (κ3) is 3.59. The zero-order valence-electron chi connectivity index (χ0n) is 11.1. The summed E-state index contributed by atoms with van der Waals surface area (Å²) in [4.78, 5) is 10.8. The molecule has 0 radical (unpaired) electrons. The normalized spacial score (nSPS) is 12.1. The molecule has 2 aromatic carbocycles. The standard InChI is InChI=1S/C16H16ClNO2/c1-11(14-4-2-3-5-15(14)17)18-10-12-6-8-13(9-7-12)16(19)20/h2-9,11,18H,10H2,1H3,(H,19,20)/t11-/m1/s1. The summed E-state index contributed by atoms with van der Waals surface area (Å²) >= 11 is 6.15. The van der Waals surface area contributed by atoms with Gasteiger partial charge in [0.15, 0.2) is 0 Å². The lowest BCUT2D eigenvalue weighted by molar-refractivity contribution is 0.0697. The second-order valence-electron chi connectivity index (χ2n) is 4.63. The van der Waals surface area contributed by atoms with Crippen LogP contribution in [-0.4, -0.2) is 11.1 Å². The molecule has 2 N–H and O–H groups in total. The predicted octanol–water partition coefficient (Wildman–Crippen LogP) is 3.89. The molecule has 0 heterocycles.